The molecule has 0 spiro atoms. The SMILES string of the molecule is CN=C(NCCOc1ccc2c(c1)CCC(=O)N2)NCC1(c2ccccc2)CC1.I. The highest BCUT2D eigenvalue weighted by Crippen LogP contribution is 2.47. The number of halogens is 1. The van der Waals surface area contributed by atoms with E-state index in [0.717, 1.165) is 35.9 Å². The summed E-state index contributed by atoms with van der Waals surface area (Å²) in [5.74, 6) is 1.70. The first-order valence-corrected chi connectivity index (χ1v) is 10.2. The number of aliphatic imine (C=N–C) groups is 1. The van der Waals surface area contributed by atoms with E-state index in [1.165, 1.54) is 18.4 Å². The second-order valence-corrected chi connectivity index (χ2v) is 7.71. The number of hydrogen-bond acceptors (Lipinski definition) is 3. The molecule has 7 heteroatoms. The van der Waals surface area contributed by atoms with Crippen molar-refractivity contribution in [3.63, 3.8) is 0 Å². The van der Waals surface area contributed by atoms with Gasteiger partial charge in [0.15, 0.2) is 5.96 Å². The second-order valence-electron chi connectivity index (χ2n) is 7.71. The molecule has 6 nitrogen and oxygen atoms in total. The topological polar surface area (TPSA) is 74.8 Å². The Labute approximate surface area is 194 Å². The maximum Gasteiger partial charge on any atom is 0.224 e. The summed E-state index contributed by atoms with van der Waals surface area (Å²) in [6, 6.07) is 16.5. The number of ether oxygens (including phenoxy) is 1. The lowest BCUT2D eigenvalue weighted by Gasteiger charge is -2.19. The molecule has 2 aromatic carbocycles. The highest BCUT2D eigenvalue weighted by Gasteiger charge is 2.43. The minimum absolute atomic E-state index is 0. The number of nitrogens with zero attached hydrogens (tertiary/aromatic N) is 1. The van der Waals surface area contributed by atoms with Gasteiger partial charge < -0.3 is 20.7 Å². The molecule has 0 saturated heterocycles. The average Bonchev–Trinajstić information content (AvgIpc) is 3.55. The van der Waals surface area contributed by atoms with E-state index in [1.807, 2.05) is 18.2 Å². The smallest absolute Gasteiger partial charge is 0.224 e. The lowest BCUT2D eigenvalue weighted by Crippen LogP contribution is -2.42. The highest BCUT2D eigenvalue weighted by atomic mass is 127. The molecule has 1 heterocycles. The van der Waals surface area contributed by atoms with Crippen LogP contribution in [0.4, 0.5) is 5.69 Å². The molecule has 1 saturated carbocycles. The van der Waals surface area contributed by atoms with Gasteiger partial charge in [0, 0.05) is 31.1 Å². The molecule has 0 bridgehead atoms. The van der Waals surface area contributed by atoms with Crippen molar-refractivity contribution in [2.24, 2.45) is 4.99 Å². The largest absolute Gasteiger partial charge is 0.492 e. The number of anilines is 1. The number of fused-ring (bicyclic) bond motifs is 1. The number of benzene rings is 2. The standard InChI is InChI=1S/C23H28N4O2.HI/c1-24-22(26-16-23(11-12-23)18-5-3-2-4-6-18)25-13-14-29-19-8-9-20-17(15-19)7-10-21(28)27-20;/h2-6,8-9,15H,7,10-14,16H2,1H3,(H,27,28)(H2,24,25,26);1H. The van der Waals surface area contributed by atoms with Crippen molar-refractivity contribution < 1.29 is 9.53 Å². The van der Waals surface area contributed by atoms with Gasteiger partial charge in [-0.15, -0.1) is 24.0 Å². The zero-order chi connectivity index (χ0) is 20.1. The lowest BCUT2D eigenvalue weighted by molar-refractivity contribution is -0.116. The number of amides is 1. The van der Waals surface area contributed by atoms with E-state index in [0.29, 0.717) is 19.6 Å². The fourth-order valence-electron chi connectivity index (χ4n) is 3.77. The first-order valence-electron chi connectivity index (χ1n) is 10.2. The van der Waals surface area contributed by atoms with E-state index in [2.05, 4.69) is 51.3 Å². The van der Waals surface area contributed by atoms with Gasteiger partial charge in [0.05, 0.1) is 6.54 Å². The van der Waals surface area contributed by atoms with Gasteiger partial charge >= 0.3 is 0 Å². The van der Waals surface area contributed by atoms with Crippen molar-refractivity contribution >= 4 is 41.5 Å². The van der Waals surface area contributed by atoms with Crippen molar-refractivity contribution in [3.8, 4) is 5.75 Å². The Balaban J connectivity index is 0.00000256. The number of carbonyl (C=O) groups excluding carboxylic acids is 1. The Morgan fingerprint density at radius 2 is 1.93 bits per heavy atom. The Bertz CT molecular complexity index is 897. The van der Waals surface area contributed by atoms with Gasteiger partial charge in [-0.1, -0.05) is 30.3 Å². The molecule has 2 aromatic rings. The molecular formula is C23H29IN4O2. The molecule has 30 heavy (non-hydrogen) atoms. The summed E-state index contributed by atoms with van der Waals surface area (Å²) in [6.45, 7) is 2.08. The van der Waals surface area contributed by atoms with Crippen molar-refractivity contribution in [3.05, 3.63) is 59.7 Å². The Hall–Kier alpha value is -2.29. The zero-order valence-electron chi connectivity index (χ0n) is 17.2. The molecule has 2 aliphatic rings. The van der Waals surface area contributed by atoms with Crippen molar-refractivity contribution in [2.75, 3.05) is 32.1 Å². The fourth-order valence-corrected chi connectivity index (χ4v) is 3.77. The summed E-state index contributed by atoms with van der Waals surface area (Å²) < 4.78 is 5.86. The fraction of sp³-hybridized carbons (Fsp3) is 0.391. The van der Waals surface area contributed by atoms with E-state index >= 15 is 0 Å². The van der Waals surface area contributed by atoms with Gasteiger partial charge in [-0.2, -0.15) is 0 Å². The third-order valence-electron chi connectivity index (χ3n) is 5.69. The number of nitrogens with one attached hydrogen (secondary N) is 3. The summed E-state index contributed by atoms with van der Waals surface area (Å²) in [6.07, 6.45) is 3.71. The Morgan fingerprint density at radius 3 is 2.67 bits per heavy atom. The van der Waals surface area contributed by atoms with Crippen LogP contribution in [0, 0.1) is 0 Å². The molecule has 1 amide bonds. The van der Waals surface area contributed by atoms with Crippen LogP contribution >= 0.6 is 24.0 Å². The van der Waals surface area contributed by atoms with Gasteiger partial charge in [-0.05, 0) is 48.6 Å². The van der Waals surface area contributed by atoms with Crippen molar-refractivity contribution in [1.29, 1.82) is 0 Å². The number of rotatable bonds is 7. The summed E-state index contributed by atoms with van der Waals surface area (Å²) in [4.78, 5) is 15.8. The third kappa shape index (κ3) is 5.44. The maximum atomic E-state index is 11.4. The van der Waals surface area contributed by atoms with Crippen LogP contribution < -0.4 is 20.7 Å². The van der Waals surface area contributed by atoms with Crippen molar-refractivity contribution in [1.82, 2.24) is 10.6 Å². The molecule has 160 valence electrons. The van der Waals surface area contributed by atoms with Crippen LogP contribution in [0.1, 0.15) is 30.4 Å². The third-order valence-corrected chi connectivity index (χ3v) is 5.69. The molecule has 0 aromatic heterocycles. The molecule has 0 atom stereocenters. The molecule has 0 radical (unpaired) electrons. The van der Waals surface area contributed by atoms with Gasteiger partial charge in [-0.3, -0.25) is 9.79 Å². The molecule has 1 aliphatic heterocycles. The van der Waals surface area contributed by atoms with E-state index < -0.39 is 0 Å². The number of guanidine groups is 1. The van der Waals surface area contributed by atoms with E-state index in [4.69, 9.17) is 4.74 Å². The molecule has 3 N–H and O–H groups in total. The van der Waals surface area contributed by atoms with Crippen LogP contribution in [0.5, 0.6) is 5.75 Å². The van der Waals surface area contributed by atoms with E-state index in [-0.39, 0.29) is 35.3 Å². The van der Waals surface area contributed by atoms with Gasteiger partial charge in [-0.25, -0.2) is 0 Å². The van der Waals surface area contributed by atoms with Crippen LogP contribution in [0.2, 0.25) is 0 Å². The quantitative estimate of drug-likeness (QED) is 0.226. The predicted molar refractivity (Wildman–Crippen MR) is 131 cm³/mol. The minimum atomic E-state index is 0. The normalized spacial score (nSPS) is 16.6. The molecule has 0 unspecified atom stereocenters. The second kappa shape index (κ2) is 10.1. The first-order chi connectivity index (χ1) is 14.2. The van der Waals surface area contributed by atoms with Crippen molar-refractivity contribution in [2.45, 2.75) is 31.1 Å². The van der Waals surface area contributed by atoms with Gasteiger partial charge in [0.1, 0.15) is 12.4 Å². The zero-order valence-corrected chi connectivity index (χ0v) is 19.6. The number of aryl methyl sites for hydroxylation is 1. The van der Waals surface area contributed by atoms with Crippen LogP contribution in [0.25, 0.3) is 0 Å². The predicted octanol–water partition coefficient (Wildman–Crippen LogP) is 3.46. The van der Waals surface area contributed by atoms with E-state index in [1.54, 1.807) is 7.05 Å². The molecule has 1 aliphatic carbocycles. The highest BCUT2D eigenvalue weighted by molar-refractivity contribution is 14.0. The summed E-state index contributed by atoms with van der Waals surface area (Å²) >= 11 is 0. The lowest BCUT2D eigenvalue weighted by atomic mass is 9.96. The summed E-state index contributed by atoms with van der Waals surface area (Å²) in [5, 5.41) is 9.66. The monoisotopic (exact) mass is 520 g/mol. The molecule has 1 fully saturated rings. The van der Waals surface area contributed by atoms with Crippen LogP contribution in [0.3, 0.4) is 0 Å². The molecule has 4 rings (SSSR count). The summed E-state index contributed by atoms with van der Waals surface area (Å²) in [5.41, 5.74) is 3.66. The van der Waals surface area contributed by atoms with E-state index in [9.17, 15) is 4.79 Å². The number of hydrogen-bond donors (Lipinski definition) is 3. The number of carbonyl (C=O) groups is 1. The minimum Gasteiger partial charge on any atom is -0.492 e. The van der Waals surface area contributed by atoms with Gasteiger partial charge in [0.25, 0.3) is 0 Å². The first kappa shape index (κ1) is 22.4. The summed E-state index contributed by atoms with van der Waals surface area (Å²) in [7, 11) is 1.79. The van der Waals surface area contributed by atoms with Gasteiger partial charge in [0.2, 0.25) is 5.91 Å². The average molecular weight is 520 g/mol. The van der Waals surface area contributed by atoms with Crippen LogP contribution in [-0.4, -0.2) is 38.6 Å². The maximum absolute atomic E-state index is 11.4. The molecular weight excluding hydrogens is 491 g/mol. The van der Waals surface area contributed by atoms with Crippen LogP contribution in [0.15, 0.2) is 53.5 Å². The Morgan fingerprint density at radius 1 is 1.13 bits per heavy atom. The Kier molecular flexibility index (Phi) is 7.58. The van der Waals surface area contributed by atoms with Crippen LogP contribution in [-0.2, 0) is 16.6 Å².